The van der Waals surface area contributed by atoms with Crippen LogP contribution < -0.4 is 5.56 Å². The lowest BCUT2D eigenvalue weighted by Crippen LogP contribution is -2.22. The molecule has 0 fully saturated rings. The Bertz CT molecular complexity index is 1480. The van der Waals surface area contributed by atoms with Crippen molar-refractivity contribution in [3.8, 4) is 5.69 Å². The maximum absolute atomic E-state index is 13.4. The van der Waals surface area contributed by atoms with Crippen molar-refractivity contribution in [2.45, 2.75) is 39.8 Å². The summed E-state index contributed by atoms with van der Waals surface area (Å²) in [6.07, 6.45) is 0. The Morgan fingerprint density at radius 3 is 2.42 bits per heavy atom. The number of aryl methyl sites for hydroxylation is 3. The molecule has 168 valence electrons. The number of H-pyrrole nitrogens is 1. The number of Topliss-reactive ketones (excluding diaryl/α,β-unsaturated/α-hetero) is 2. The first-order valence-corrected chi connectivity index (χ1v) is 11.6. The number of carbonyl (C=O) groups excluding carboxylic acids is 2. The van der Waals surface area contributed by atoms with Gasteiger partial charge in [-0.1, -0.05) is 30.0 Å². The molecule has 6 nitrogen and oxygen atoms in total. The number of hydrogen-bond acceptors (Lipinski definition) is 5. The molecule has 7 heteroatoms. The molecule has 0 atom stereocenters. The van der Waals surface area contributed by atoms with E-state index in [1.165, 1.54) is 18.7 Å². The van der Waals surface area contributed by atoms with Gasteiger partial charge in [0, 0.05) is 11.3 Å². The van der Waals surface area contributed by atoms with E-state index < -0.39 is 0 Å². The number of rotatable bonds is 6. The van der Waals surface area contributed by atoms with Crippen molar-refractivity contribution < 1.29 is 9.59 Å². The highest BCUT2D eigenvalue weighted by atomic mass is 32.2. The van der Waals surface area contributed by atoms with Crippen molar-refractivity contribution >= 4 is 34.2 Å². The van der Waals surface area contributed by atoms with Gasteiger partial charge >= 0.3 is 0 Å². The summed E-state index contributed by atoms with van der Waals surface area (Å²) in [5.74, 6) is -0.150. The van der Waals surface area contributed by atoms with Crippen molar-refractivity contribution in [2.75, 3.05) is 5.75 Å². The van der Waals surface area contributed by atoms with Crippen molar-refractivity contribution in [2.24, 2.45) is 0 Å². The largest absolute Gasteiger partial charge is 0.355 e. The summed E-state index contributed by atoms with van der Waals surface area (Å²) in [4.78, 5) is 46.2. The summed E-state index contributed by atoms with van der Waals surface area (Å²) in [6, 6.07) is 13.0. The van der Waals surface area contributed by atoms with E-state index in [2.05, 4.69) is 4.98 Å². The van der Waals surface area contributed by atoms with Crippen LogP contribution in [-0.4, -0.2) is 31.9 Å². The molecular weight excluding hydrogens is 434 g/mol. The molecule has 2 aromatic carbocycles. The fourth-order valence-corrected chi connectivity index (χ4v) is 4.95. The minimum atomic E-state index is -0.176. The second-order valence-electron chi connectivity index (χ2n) is 8.21. The van der Waals surface area contributed by atoms with Gasteiger partial charge in [0.05, 0.1) is 28.0 Å². The molecule has 0 aliphatic heterocycles. The molecule has 0 radical (unpaired) electrons. The van der Waals surface area contributed by atoms with Gasteiger partial charge < -0.3 is 4.98 Å². The second kappa shape index (κ2) is 8.83. The van der Waals surface area contributed by atoms with Gasteiger partial charge in [0.1, 0.15) is 0 Å². The van der Waals surface area contributed by atoms with Crippen molar-refractivity contribution in [3.05, 3.63) is 86.5 Å². The molecule has 4 rings (SSSR count). The number of para-hydroxylation sites is 1. The van der Waals surface area contributed by atoms with Crippen LogP contribution in [0.25, 0.3) is 16.6 Å². The number of nitrogens with one attached hydrogen (secondary N) is 1. The molecule has 0 saturated heterocycles. The molecule has 0 spiro atoms. The average molecular weight is 460 g/mol. The quantitative estimate of drug-likeness (QED) is 0.246. The van der Waals surface area contributed by atoms with Gasteiger partial charge in [0.2, 0.25) is 0 Å². The van der Waals surface area contributed by atoms with Gasteiger partial charge in [-0.05, 0) is 75.6 Å². The third-order valence-corrected chi connectivity index (χ3v) is 6.83. The van der Waals surface area contributed by atoms with Crippen LogP contribution in [0.1, 0.15) is 50.2 Å². The predicted octanol–water partition coefficient (Wildman–Crippen LogP) is 5.13. The lowest BCUT2D eigenvalue weighted by molar-refractivity contribution is 0.101. The van der Waals surface area contributed by atoms with E-state index in [-0.39, 0.29) is 22.9 Å². The topological polar surface area (TPSA) is 84.8 Å². The van der Waals surface area contributed by atoms with Gasteiger partial charge in [-0.3, -0.25) is 19.0 Å². The number of fused-ring (bicyclic) bond motifs is 1. The van der Waals surface area contributed by atoms with Crippen molar-refractivity contribution in [3.63, 3.8) is 0 Å². The van der Waals surface area contributed by atoms with Gasteiger partial charge in [-0.15, -0.1) is 0 Å². The van der Waals surface area contributed by atoms with E-state index in [1.54, 1.807) is 30.5 Å². The molecule has 0 saturated carbocycles. The maximum atomic E-state index is 13.4. The lowest BCUT2D eigenvalue weighted by Gasteiger charge is -2.14. The zero-order chi connectivity index (χ0) is 23.9. The van der Waals surface area contributed by atoms with E-state index in [4.69, 9.17) is 4.98 Å². The average Bonchev–Trinajstić information content (AvgIpc) is 3.08. The standard InChI is InChI=1S/C26H25N3O3S/c1-14-10-11-19(12-15(14)2)29-25(32)20-8-6-7-9-21(20)28-26(29)33-13-22(31)24-16(3)23(18(5)30)17(4)27-24/h6-12,27H,13H2,1-5H3. The Kier molecular flexibility index (Phi) is 6.08. The summed E-state index contributed by atoms with van der Waals surface area (Å²) in [5.41, 5.74) is 5.63. The van der Waals surface area contributed by atoms with Gasteiger partial charge in [0.25, 0.3) is 5.56 Å². The molecular formula is C26H25N3O3S. The first kappa shape index (κ1) is 22.7. The Labute approximate surface area is 196 Å². The number of carbonyl (C=O) groups is 2. The van der Waals surface area contributed by atoms with Crippen LogP contribution in [0.4, 0.5) is 0 Å². The van der Waals surface area contributed by atoms with Crippen LogP contribution in [0, 0.1) is 27.7 Å². The number of aromatic amines is 1. The Hall–Kier alpha value is -3.45. The Morgan fingerprint density at radius 2 is 1.76 bits per heavy atom. The summed E-state index contributed by atoms with van der Waals surface area (Å²) in [5, 5.41) is 0.969. The molecule has 2 heterocycles. The van der Waals surface area contributed by atoms with Crippen LogP contribution >= 0.6 is 11.8 Å². The van der Waals surface area contributed by atoms with Crippen LogP contribution in [0.15, 0.2) is 52.4 Å². The third-order valence-electron chi connectivity index (χ3n) is 5.89. The highest BCUT2D eigenvalue weighted by molar-refractivity contribution is 7.99. The number of ketones is 2. The summed E-state index contributed by atoms with van der Waals surface area (Å²) in [6.45, 7) is 9.07. The highest BCUT2D eigenvalue weighted by Gasteiger charge is 2.21. The number of thioether (sulfide) groups is 1. The first-order chi connectivity index (χ1) is 15.7. The minimum absolute atomic E-state index is 0.0762. The summed E-state index contributed by atoms with van der Waals surface area (Å²) in [7, 11) is 0. The first-order valence-electron chi connectivity index (χ1n) is 10.6. The second-order valence-corrected chi connectivity index (χ2v) is 9.16. The SMILES string of the molecule is CC(=O)c1c(C)[nH]c(C(=O)CSc2nc3ccccc3c(=O)n2-c2ccc(C)c(C)c2)c1C. The molecule has 0 bridgehead atoms. The van der Waals surface area contributed by atoms with Crippen molar-refractivity contribution in [1.82, 2.24) is 14.5 Å². The molecule has 0 aliphatic rings. The number of hydrogen-bond donors (Lipinski definition) is 1. The number of aromatic nitrogens is 3. The van der Waals surface area contributed by atoms with Crippen LogP contribution in [0.5, 0.6) is 0 Å². The molecule has 4 aromatic rings. The highest BCUT2D eigenvalue weighted by Crippen LogP contribution is 2.25. The number of nitrogens with zero attached hydrogens (tertiary/aromatic N) is 2. The summed E-state index contributed by atoms with van der Waals surface area (Å²) >= 11 is 1.21. The monoisotopic (exact) mass is 459 g/mol. The fourth-order valence-electron chi connectivity index (χ4n) is 4.06. The van der Waals surface area contributed by atoms with E-state index in [9.17, 15) is 14.4 Å². The van der Waals surface area contributed by atoms with Gasteiger partial charge in [-0.2, -0.15) is 0 Å². The maximum Gasteiger partial charge on any atom is 0.266 e. The van der Waals surface area contributed by atoms with E-state index in [0.717, 1.165) is 11.1 Å². The molecule has 0 unspecified atom stereocenters. The Balaban J connectivity index is 1.77. The zero-order valence-electron chi connectivity index (χ0n) is 19.3. The molecule has 33 heavy (non-hydrogen) atoms. The van der Waals surface area contributed by atoms with Gasteiger partial charge in [0.15, 0.2) is 16.7 Å². The lowest BCUT2D eigenvalue weighted by atomic mass is 10.1. The molecule has 0 aliphatic carbocycles. The number of benzene rings is 2. The van der Waals surface area contributed by atoms with Crippen LogP contribution in [0.2, 0.25) is 0 Å². The molecule has 1 N–H and O–H groups in total. The van der Waals surface area contributed by atoms with Crippen LogP contribution in [0.3, 0.4) is 0 Å². The van der Waals surface area contributed by atoms with E-state index >= 15 is 0 Å². The van der Waals surface area contributed by atoms with E-state index in [0.29, 0.717) is 44.3 Å². The molecule has 2 aromatic heterocycles. The third kappa shape index (κ3) is 4.16. The fraction of sp³-hybridized carbons (Fsp3) is 0.231. The minimum Gasteiger partial charge on any atom is -0.355 e. The van der Waals surface area contributed by atoms with Gasteiger partial charge in [-0.25, -0.2) is 4.98 Å². The zero-order valence-corrected chi connectivity index (χ0v) is 20.1. The van der Waals surface area contributed by atoms with Crippen molar-refractivity contribution in [1.29, 1.82) is 0 Å². The predicted molar refractivity (Wildman–Crippen MR) is 132 cm³/mol. The smallest absolute Gasteiger partial charge is 0.266 e. The van der Waals surface area contributed by atoms with Crippen LogP contribution in [-0.2, 0) is 0 Å². The Morgan fingerprint density at radius 1 is 1.03 bits per heavy atom. The normalized spacial score (nSPS) is 11.2. The van der Waals surface area contributed by atoms with E-state index in [1.807, 2.05) is 44.2 Å². The summed E-state index contributed by atoms with van der Waals surface area (Å²) < 4.78 is 1.57. The molecule has 0 amide bonds.